The summed E-state index contributed by atoms with van der Waals surface area (Å²) < 4.78 is 0. The van der Waals surface area contributed by atoms with Crippen molar-refractivity contribution >= 4 is 5.57 Å². The average Bonchev–Trinajstić information content (AvgIpc) is 2.72. The van der Waals surface area contributed by atoms with Crippen LogP contribution in [0.3, 0.4) is 0 Å². The van der Waals surface area contributed by atoms with Crippen LogP contribution < -0.4 is 0 Å². The minimum Gasteiger partial charge on any atom is -0.100 e. The first-order valence-corrected chi connectivity index (χ1v) is 12.0. The van der Waals surface area contributed by atoms with E-state index in [2.05, 4.69) is 77.8 Å². The highest BCUT2D eigenvalue weighted by molar-refractivity contribution is 5.69. The molecule has 0 nitrogen and oxygen atoms in total. The first-order chi connectivity index (χ1) is 14.7. The number of hydrogen-bond donors (Lipinski definition) is 0. The molecule has 1 aromatic carbocycles. The maximum absolute atomic E-state index is 3.76. The van der Waals surface area contributed by atoms with Gasteiger partial charge in [-0.25, -0.2) is 0 Å². The maximum Gasteiger partial charge on any atom is -0.0159 e. The molecular formula is C32H56. The van der Waals surface area contributed by atoms with Crippen LogP contribution in [0.15, 0.2) is 78.9 Å². The van der Waals surface area contributed by atoms with Gasteiger partial charge in [-0.2, -0.15) is 0 Å². The van der Waals surface area contributed by atoms with Crippen LogP contribution in [0.5, 0.6) is 0 Å². The Hall–Kier alpha value is -2.08. The summed E-state index contributed by atoms with van der Waals surface area (Å²) in [5.74, 6) is 0.732. The van der Waals surface area contributed by atoms with Gasteiger partial charge in [-0.3, -0.25) is 0 Å². The van der Waals surface area contributed by atoms with E-state index in [9.17, 15) is 0 Å². The van der Waals surface area contributed by atoms with E-state index in [-0.39, 0.29) is 7.43 Å². The van der Waals surface area contributed by atoms with Crippen molar-refractivity contribution < 1.29 is 0 Å². The van der Waals surface area contributed by atoms with Crippen molar-refractivity contribution in [2.24, 2.45) is 5.92 Å². The van der Waals surface area contributed by atoms with E-state index in [0.29, 0.717) is 0 Å². The van der Waals surface area contributed by atoms with E-state index in [0.717, 1.165) is 17.1 Å². The van der Waals surface area contributed by atoms with E-state index in [4.69, 9.17) is 0 Å². The average molecular weight is 441 g/mol. The van der Waals surface area contributed by atoms with E-state index in [1.165, 1.54) is 42.4 Å². The lowest BCUT2D eigenvalue weighted by Gasteiger charge is -2.21. The minimum atomic E-state index is 0. The molecule has 32 heavy (non-hydrogen) atoms. The predicted molar refractivity (Wildman–Crippen MR) is 155 cm³/mol. The summed E-state index contributed by atoms with van der Waals surface area (Å²) in [6.07, 6.45) is 11.3. The van der Waals surface area contributed by atoms with Gasteiger partial charge in [0.1, 0.15) is 0 Å². The molecular weight excluding hydrogens is 384 g/mol. The van der Waals surface area contributed by atoms with Gasteiger partial charge in [0.2, 0.25) is 0 Å². The van der Waals surface area contributed by atoms with Gasteiger partial charge in [0, 0.05) is 0 Å². The molecule has 0 aromatic heterocycles. The number of hydrogen-bond acceptors (Lipinski definition) is 0. The van der Waals surface area contributed by atoms with Crippen molar-refractivity contribution in [3.8, 4) is 0 Å². The van der Waals surface area contributed by atoms with Crippen LogP contribution in [0.25, 0.3) is 5.57 Å². The lowest BCUT2D eigenvalue weighted by atomic mass is 9.84. The third kappa shape index (κ3) is 18.7. The lowest BCUT2D eigenvalue weighted by Crippen LogP contribution is -2.04. The van der Waals surface area contributed by atoms with Crippen LogP contribution in [0.4, 0.5) is 0 Å². The highest BCUT2D eigenvalue weighted by Gasteiger charge is 2.14. The molecule has 0 aliphatic rings. The molecule has 1 rings (SSSR count). The molecule has 0 radical (unpaired) electrons. The van der Waals surface area contributed by atoms with Crippen molar-refractivity contribution in [3.05, 3.63) is 90.1 Å². The Kier molecular flexibility index (Phi) is 29.3. The SMILES string of the molecule is C.C/C=C(\c1ccccc1C)C(CCC)CCC.C=C(C)C.C=C/C(=C\C)C(=C)C.CC. The van der Waals surface area contributed by atoms with Crippen LogP contribution in [0.1, 0.15) is 107 Å². The molecule has 0 saturated carbocycles. The molecule has 0 aliphatic heterocycles. The first kappa shape index (κ1) is 37.2. The Bertz CT molecular complexity index is 657. The van der Waals surface area contributed by atoms with Crippen molar-refractivity contribution in [1.82, 2.24) is 0 Å². The molecule has 0 heterocycles. The van der Waals surface area contributed by atoms with Crippen LogP contribution in [-0.4, -0.2) is 0 Å². The highest BCUT2D eigenvalue weighted by Crippen LogP contribution is 2.32. The normalized spacial score (nSPS) is 10.2. The Labute approximate surface area is 203 Å². The van der Waals surface area contributed by atoms with Gasteiger partial charge in [-0.15, -0.1) is 6.58 Å². The maximum atomic E-state index is 3.76. The number of aryl methyl sites for hydroxylation is 1. The zero-order valence-corrected chi connectivity index (χ0v) is 22.6. The fourth-order valence-corrected chi connectivity index (χ4v) is 3.20. The third-order valence-corrected chi connectivity index (χ3v) is 4.50. The van der Waals surface area contributed by atoms with Gasteiger partial charge in [-0.05, 0) is 82.6 Å². The first-order valence-electron chi connectivity index (χ1n) is 12.0. The second kappa shape index (κ2) is 25.2. The quantitative estimate of drug-likeness (QED) is 0.278. The van der Waals surface area contributed by atoms with Crippen LogP contribution in [-0.2, 0) is 0 Å². The Morgan fingerprint density at radius 2 is 1.34 bits per heavy atom. The summed E-state index contributed by atoms with van der Waals surface area (Å²) in [5, 5.41) is 0. The zero-order chi connectivity index (χ0) is 24.8. The molecule has 0 bridgehead atoms. The van der Waals surface area contributed by atoms with Gasteiger partial charge in [0.25, 0.3) is 0 Å². The highest BCUT2D eigenvalue weighted by atomic mass is 14.2. The van der Waals surface area contributed by atoms with Crippen molar-refractivity contribution in [3.63, 3.8) is 0 Å². The number of allylic oxidation sites excluding steroid dienone is 7. The van der Waals surface area contributed by atoms with Gasteiger partial charge in [-0.1, -0.05) is 115 Å². The molecule has 0 fully saturated rings. The molecule has 0 atom stereocenters. The molecule has 0 amide bonds. The molecule has 0 spiro atoms. The topological polar surface area (TPSA) is 0 Å². The molecule has 0 heteroatoms. The van der Waals surface area contributed by atoms with Gasteiger partial charge in [0.05, 0.1) is 0 Å². The zero-order valence-electron chi connectivity index (χ0n) is 22.6. The number of benzene rings is 1. The summed E-state index contributed by atoms with van der Waals surface area (Å²) in [6, 6.07) is 8.76. The van der Waals surface area contributed by atoms with Crippen LogP contribution in [0.2, 0.25) is 0 Å². The predicted octanol–water partition coefficient (Wildman–Crippen LogP) is 11.6. The molecule has 0 N–H and O–H groups in total. The lowest BCUT2D eigenvalue weighted by molar-refractivity contribution is 0.543. The fraction of sp³-hybridized carbons (Fsp3) is 0.500. The molecule has 184 valence electrons. The Balaban J connectivity index is -0.000000219. The standard InChI is InChI=1S/C17H26.C8H12.C4H8.C2H6.CH4/c1-5-10-15(11-6-2)16(7-3)17-13-9-8-12-14(17)4;1-5-8(6-2)7(3)4;1-4(2)3;1-2;/h7-9,12-13,15H,5-6,10-11H2,1-4H3;5-6H,1,3H2,2,4H3;1H2,2-3H3;1-2H3;1H4/b16-7-;8-6+;;;. The largest absolute Gasteiger partial charge is 0.100 e. The van der Waals surface area contributed by atoms with Crippen molar-refractivity contribution in [2.45, 2.75) is 102 Å². The Morgan fingerprint density at radius 3 is 1.59 bits per heavy atom. The summed E-state index contributed by atoms with van der Waals surface area (Å²) in [4.78, 5) is 0. The summed E-state index contributed by atoms with van der Waals surface area (Å²) in [6.45, 7) is 31.8. The van der Waals surface area contributed by atoms with Crippen molar-refractivity contribution in [1.29, 1.82) is 0 Å². The van der Waals surface area contributed by atoms with E-state index in [1.54, 1.807) is 5.57 Å². The summed E-state index contributed by atoms with van der Waals surface area (Å²) >= 11 is 0. The Morgan fingerprint density at radius 1 is 0.906 bits per heavy atom. The summed E-state index contributed by atoms with van der Waals surface area (Å²) in [5.41, 5.74) is 7.76. The van der Waals surface area contributed by atoms with Crippen LogP contribution in [0, 0.1) is 12.8 Å². The van der Waals surface area contributed by atoms with Gasteiger partial charge < -0.3 is 0 Å². The van der Waals surface area contributed by atoms with E-state index < -0.39 is 0 Å². The molecule has 0 aliphatic carbocycles. The van der Waals surface area contributed by atoms with Crippen molar-refractivity contribution in [2.75, 3.05) is 0 Å². The van der Waals surface area contributed by atoms with Crippen LogP contribution >= 0.6 is 0 Å². The molecule has 0 unspecified atom stereocenters. The van der Waals surface area contributed by atoms with E-state index in [1.807, 2.05) is 53.7 Å². The van der Waals surface area contributed by atoms with Gasteiger partial charge in [0.15, 0.2) is 0 Å². The smallest absolute Gasteiger partial charge is 0.0159 e. The second-order valence-corrected chi connectivity index (χ2v) is 7.77. The number of rotatable bonds is 8. The summed E-state index contributed by atoms with van der Waals surface area (Å²) in [7, 11) is 0. The monoisotopic (exact) mass is 440 g/mol. The van der Waals surface area contributed by atoms with Gasteiger partial charge >= 0.3 is 0 Å². The molecule has 0 saturated heterocycles. The fourth-order valence-electron chi connectivity index (χ4n) is 3.20. The molecule has 1 aromatic rings. The minimum absolute atomic E-state index is 0. The second-order valence-electron chi connectivity index (χ2n) is 7.77. The van der Waals surface area contributed by atoms with E-state index >= 15 is 0 Å². The third-order valence-electron chi connectivity index (χ3n) is 4.50.